The lowest BCUT2D eigenvalue weighted by Crippen LogP contribution is -2.55. The van der Waals surface area contributed by atoms with E-state index in [0.717, 1.165) is 9.13 Å². The first-order chi connectivity index (χ1) is 17.8. The zero-order valence-corrected chi connectivity index (χ0v) is 22.9. The Bertz CT molecular complexity index is 1170. The largest absolute Gasteiger partial charge is 0.482 e. The first kappa shape index (κ1) is 27.2. The molecule has 0 aromatic heterocycles. The molecule has 1 aliphatic carbocycles. The molecule has 0 spiro atoms. The van der Waals surface area contributed by atoms with E-state index in [2.05, 4.69) is 27.9 Å². The van der Waals surface area contributed by atoms with Crippen LogP contribution in [0.1, 0.15) is 25.8 Å². The van der Waals surface area contributed by atoms with Crippen molar-refractivity contribution in [2.45, 2.75) is 45.1 Å². The zero-order chi connectivity index (χ0) is 26.5. The molecule has 198 valence electrons. The molecule has 2 aromatic carbocycles. The van der Waals surface area contributed by atoms with Gasteiger partial charge in [0.15, 0.2) is 11.5 Å². The number of carbonyl (C=O) groups is 2. The van der Waals surface area contributed by atoms with E-state index < -0.39 is 18.2 Å². The van der Waals surface area contributed by atoms with Gasteiger partial charge in [0.25, 0.3) is 0 Å². The maximum atomic E-state index is 13.5. The number of hydrogen-bond donors (Lipinski definition) is 3. The Morgan fingerprint density at radius 3 is 2.68 bits per heavy atom. The molecule has 3 N–H and O–H groups in total. The highest BCUT2D eigenvalue weighted by Crippen LogP contribution is 2.35. The number of carbonyl (C=O) groups excluding carboxylic acids is 2. The van der Waals surface area contributed by atoms with E-state index >= 15 is 0 Å². The molecule has 0 saturated heterocycles. The molecule has 37 heavy (non-hydrogen) atoms. The Labute approximate surface area is 229 Å². The second-order valence-corrected chi connectivity index (χ2v) is 10.4. The molecule has 0 bridgehead atoms. The van der Waals surface area contributed by atoms with Crippen LogP contribution in [0.3, 0.4) is 0 Å². The molecule has 2 aromatic rings. The van der Waals surface area contributed by atoms with Gasteiger partial charge in [-0.2, -0.15) is 0 Å². The van der Waals surface area contributed by atoms with Crippen molar-refractivity contribution < 1.29 is 34.0 Å². The van der Waals surface area contributed by atoms with Gasteiger partial charge in [-0.3, -0.25) is 9.59 Å². The van der Waals surface area contributed by atoms with E-state index in [4.69, 9.17) is 19.3 Å². The summed E-state index contributed by atoms with van der Waals surface area (Å²) in [6, 6.07) is 12.1. The molecule has 0 fully saturated rings. The summed E-state index contributed by atoms with van der Waals surface area (Å²) in [5.74, 6) is 0.932. The number of rotatable bonds is 9. The summed E-state index contributed by atoms with van der Waals surface area (Å²) >= 11 is 2.15. The molecule has 2 amide bonds. The van der Waals surface area contributed by atoms with Crippen LogP contribution in [0.2, 0.25) is 0 Å². The highest BCUT2D eigenvalue weighted by Gasteiger charge is 2.41. The highest BCUT2D eigenvalue weighted by molar-refractivity contribution is 14.1. The molecular formula is C27H31IN2O7. The number of nitrogens with one attached hydrogen (secondary N) is 1. The first-order valence-corrected chi connectivity index (χ1v) is 13.2. The topological polar surface area (TPSA) is 118 Å². The Morgan fingerprint density at radius 2 is 1.95 bits per heavy atom. The van der Waals surface area contributed by atoms with Gasteiger partial charge in [0.2, 0.25) is 18.6 Å². The van der Waals surface area contributed by atoms with Crippen LogP contribution in [-0.4, -0.2) is 65.1 Å². The lowest BCUT2D eigenvalue weighted by atomic mass is 9.87. The van der Waals surface area contributed by atoms with Gasteiger partial charge in [0.05, 0.1) is 16.2 Å². The number of fused-ring (bicyclic) bond motifs is 1. The number of ether oxygens (including phenoxy) is 3. The van der Waals surface area contributed by atoms with Crippen molar-refractivity contribution in [3.8, 4) is 17.2 Å². The smallest absolute Gasteiger partial charge is 0.247 e. The van der Waals surface area contributed by atoms with Crippen molar-refractivity contribution in [2.75, 3.05) is 19.9 Å². The lowest BCUT2D eigenvalue weighted by molar-refractivity contribution is -0.142. The minimum atomic E-state index is -1.10. The third-order valence-electron chi connectivity index (χ3n) is 6.28. The van der Waals surface area contributed by atoms with Crippen LogP contribution >= 0.6 is 22.6 Å². The molecule has 3 atom stereocenters. The number of amides is 2. The van der Waals surface area contributed by atoms with E-state index in [1.54, 1.807) is 37.0 Å². The lowest BCUT2D eigenvalue weighted by Gasteiger charge is -2.41. The normalized spacial score (nSPS) is 20.4. The molecule has 0 radical (unpaired) electrons. The van der Waals surface area contributed by atoms with Crippen molar-refractivity contribution in [3.63, 3.8) is 0 Å². The van der Waals surface area contributed by atoms with Crippen LogP contribution in [-0.2, 0) is 16.1 Å². The fourth-order valence-electron chi connectivity index (χ4n) is 4.39. The van der Waals surface area contributed by atoms with Gasteiger partial charge < -0.3 is 34.6 Å². The molecule has 10 heteroatoms. The van der Waals surface area contributed by atoms with Gasteiger partial charge in [-0.05, 0) is 58.5 Å². The van der Waals surface area contributed by atoms with Gasteiger partial charge >= 0.3 is 0 Å². The van der Waals surface area contributed by atoms with Crippen LogP contribution in [0.5, 0.6) is 17.2 Å². The van der Waals surface area contributed by atoms with Crippen molar-refractivity contribution in [2.24, 2.45) is 5.92 Å². The van der Waals surface area contributed by atoms with Gasteiger partial charge in [-0.15, -0.1) is 0 Å². The Hall–Kier alpha value is -2.83. The van der Waals surface area contributed by atoms with Crippen molar-refractivity contribution in [1.29, 1.82) is 0 Å². The maximum absolute atomic E-state index is 13.5. The number of halogens is 1. The van der Waals surface area contributed by atoms with Crippen LogP contribution in [0, 0.1) is 9.49 Å². The summed E-state index contributed by atoms with van der Waals surface area (Å²) in [6.07, 6.45) is -0.228. The first-order valence-electron chi connectivity index (χ1n) is 12.2. The molecule has 2 aliphatic rings. The minimum absolute atomic E-state index is 0.0946. The number of nitrogens with zero attached hydrogens (tertiary/aromatic N) is 1. The SMILES string of the molecule is CC(C)C(=O)N(Cc1ccc2c(c1)OCO2)[C@@H]1CC(C(=O)NCCO)=C[C@H](Oc2ccccc2I)[C@H]1O. The van der Waals surface area contributed by atoms with Crippen molar-refractivity contribution in [3.05, 3.63) is 63.2 Å². The van der Waals surface area contributed by atoms with Crippen molar-refractivity contribution >= 4 is 34.4 Å². The molecule has 1 aliphatic heterocycles. The average molecular weight is 622 g/mol. The fraction of sp³-hybridized carbons (Fsp3) is 0.407. The minimum Gasteiger partial charge on any atom is -0.482 e. The Morgan fingerprint density at radius 1 is 1.19 bits per heavy atom. The van der Waals surface area contributed by atoms with Gasteiger partial charge in [0.1, 0.15) is 18.0 Å². The number of benzene rings is 2. The summed E-state index contributed by atoms with van der Waals surface area (Å²) in [7, 11) is 0. The molecule has 9 nitrogen and oxygen atoms in total. The summed E-state index contributed by atoms with van der Waals surface area (Å²) in [5, 5.41) is 23.3. The molecule has 0 unspecified atom stereocenters. The molecular weight excluding hydrogens is 591 g/mol. The molecule has 1 heterocycles. The monoisotopic (exact) mass is 622 g/mol. The van der Waals surface area contributed by atoms with Gasteiger partial charge in [-0.1, -0.05) is 32.0 Å². The summed E-state index contributed by atoms with van der Waals surface area (Å²) < 4.78 is 17.9. The number of hydrogen-bond acceptors (Lipinski definition) is 7. The van der Waals surface area contributed by atoms with E-state index in [9.17, 15) is 14.7 Å². The number of para-hydroxylation sites is 1. The summed E-state index contributed by atoms with van der Waals surface area (Å²) in [5.41, 5.74) is 1.19. The average Bonchev–Trinajstić information content (AvgIpc) is 3.36. The highest BCUT2D eigenvalue weighted by atomic mass is 127. The van der Waals surface area contributed by atoms with Crippen LogP contribution in [0.15, 0.2) is 54.1 Å². The van der Waals surface area contributed by atoms with Crippen LogP contribution in [0.25, 0.3) is 0 Å². The second-order valence-electron chi connectivity index (χ2n) is 9.25. The fourth-order valence-corrected chi connectivity index (χ4v) is 4.91. The Kier molecular flexibility index (Phi) is 8.93. The Balaban J connectivity index is 1.67. The van der Waals surface area contributed by atoms with Crippen LogP contribution in [0.4, 0.5) is 0 Å². The van der Waals surface area contributed by atoms with E-state index in [0.29, 0.717) is 22.8 Å². The zero-order valence-electron chi connectivity index (χ0n) is 20.7. The summed E-state index contributed by atoms with van der Waals surface area (Å²) in [4.78, 5) is 28.0. The van der Waals surface area contributed by atoms with E-state index in [-0.39, 0.29) is 50.6 Å². The number of aliphatic hydroxyl groups is 2. The quantitative estimate of drug-likeness (QED) is 0.369. The molecule has 0 saturated carbocycles. The second kappa shape index (κ2) is 12.1. The maximum Gasteiger partial charge on any atom is 0.247 e. The third kappa shape index (κ3) is 6.36. The third-order valence-corrected chi connectivity index (χ3v) is 7.17. The van der Waals surface area contributed by atoms with Crippen molar-refractivity contribution in [1.82, 2.24) is 10.2 Å². The van der Waals surface area contributed by atoms with Gasteiger partial charge in [-0.25, -0.2) is 0 Å². The van der Waals surface area contributed by atoms with E-state index in [1.165, 1.54) is 0 Å². The predicted molar refractivity (Wildman–Crippen MR) is 144 cm³/mol. The standard InChI is InChI=1S/C27H31IN2O7/c1-16(2)27(34)30(14-17-7-8-22-23(11-17)36-15-35-22)20-12-18(26(33)29-9-10-31)13-24(25(20)32)37-21-6-4-3-5-19(21)28/h3-8,11,13,16,20,24-25,31-32H,9-10,12,14-15H2,1-2H3,(H,29,33)/t20-,24+,25+/m1/s1. The molecule has 4 rings (SSSR count). The number of aliphatic hydroxyl groups excluding tert-OH is 2. The van der Waals surface area contributed by atoms with Crippen LogP contribution < -0.4 is 19.5 Å². The predicted octanol–water partition coefficient (Wildman–Crippen LogP) is 2.62. The van der Waals surface area contributed by atoms with Gasteiger partial charge in [0, 0.05) is 31.0 Å². The van der Waals surface area contributed by atoms with E-state index in [1.807, 2.05) is 30.3 Å². The summed E-state index contributed by atoms with van der Waals surface area (Å²) in [6.45, 7) is 3.84.